The first-order valence-electron chi connectivity index (χ1n) is 10.2. The molecule has 1 amide bonds. The Hall–Kier alpha value is -3.98. The lowest BCUT2D eigenvalue weighted by molar-refractivity contribution is 0.0950. The predicted octanol–water partition coefficient (Wildman–Crippen LogP) is 4.38. The number of nitrogens with one attached hydrogen (secondary N) is 1. The van der Waals surface area contributed by atoms with Gasteiger partial charge in [0.05, 0.1) is 38.2 Å². The number of pyridine rings is 2. The van der Waals surface area contributed by atoms with Gasteiger partial charge in [0.1, 0.15) is 5.82 Å². The van der Waals surface area contributed by atoms with E-state index in [0.29, 0.717) is 34.3 Å². The fraction of sp³-hybridized carbons (Fsp3) is 0.167. The average molecular weight is 482 g/mol. The van der Waals surface area contributed by atoms with E-state index in [4.69, 9.17) is 21.1 Å². The molecule has 0 fully saturated rings. The summed E-state index contributed by atoms with van der Waals surface area (Å²) in [6.45, 7) is 2.02. The zero-order chi connectivity index (χ0) is 24.2. The highest BCUT2D eigenvalue weighted by Crippen LogP contribution is 2.27. The number of carbonyl (C=O) groups excluding carboxylic acids is 1. The molecule has 4 aromatic rings. The average Bonchev–Trinajstić information content (AvgIpc) is 3.27. The van der Waals surface area contributed by atoms with Crippen molar-refractivity contribution < 1.29 is 18.7 Å². The molecule has 10 heteroatoms. The van der Waals surface area contributed by atoms with Gasteiger partial charge in [0.2, 0.25) is 0 Å². The Balaban J connectivity index is 1.68. The summed E-state index contributed by atoms with van der Waals surface area (Å²) < 4.78 is 25.9. The van der Waals surface area contributed by atoms with Gasteiger partial charge in [-0.1, -0.05) is 11.6 Å². The molecule has 8 nitrogen and oxygen atoms in total. The van der Waals surface area contributed by atoms with Crippen molar-refractivity contribution in [3.8, 4) is 28.6 Å². The van der Waals surface area contributed by atoms with E-state index >= 15 is 0 Å². The summed E-state index contributed by atoms with van der Waals surface area (Å²) in [5, 5.41) is 7.36. The fourth-order valence-electron chi connectivity index (χ4n) is 3.35. The second kappa shape index (κ2) is 9.88. The minimum absolute atomic E-state index is 0.132. The van der Waals surface area contributed by atoms with Crippen LogP contribution in [-0.2, 0) is 6.54 Å². The van der Waals surface area contributed by atoms with E-state index in [-0.39, 0.29) is 17.1 Å². The number of methoxy groups -OCH3 is 2. The van der Waals surface area contributed by atoms with Crippen molar-refractivity contribution >= 4 is 17.5 Å². The minimum Gasteiger partial charge on any atom is -0.491 e. The third kappa shape index (κ3) is 4.99. The molecular formula is C24H21ClFN5O3. The number of hydrogen-bond donors (Lipinski definition) is 1. The third-order valence-corrected chi connectivity index (χ3v) is 5.18. The summed E-state index contributed by atoms with van der Waals surface area (Å²) in [5.41, 5.74) is 2.76. The Bertz CT molecular complexity index is 1340. The molecule has 0 aliphatic heterocycles. The number of carbonyl (C=O) groups is 1. The second-order valence-corrected chi connectivity index (χ2v) is 7.85. The van der Waals surface area contributed by atoms with Gasteiger partial charge in [-0.25, -0.2) is 19.0 Å². The lowest BCUT2D eigenvalue weighted by Gasteiger charge is -2.13. The van der Waals surface area contributed by atoms with E-state index in [9.17, 15) is 9.18 Å². The molecule has 4 rings (SSSR count). The maximum atomic E-state index is 13.9. The topological polar surface area (TPSA) is 91.2 Å². The van der Waals surface area contributed by atoms with Crippen molar-refractivity contribution in [1.29, 1.82) is 0 Å². The lowest BCUT2D eigenvalue weighted by Crippen LogP contribution is -2.25. The Morgan fingerprint density at radius 3 is 2.62 bits per heavy atom. The minimum atomic E-state index is -0.486. The predicted molar refractivity (Wildman–Crippen MR) is 125 cm³/mol. The number of nitrogens with zero attached hydrogens (tertiary/aromatic N) is 4. The SMILES string of the molecule is COc1ccc(CNC(=O)c2cc(-c3cc(F)cc(Cl)c3)cnc2-n2cc(C)cn2)nc1OC. The van der Waals surface area contributed by atoms with Crippen LogP contribution in [0.5, 0.6) is 11.6 Å². The first kappa shape index (κ1) is 23.2. The largest absolute Gasteiger partial charge is 0.491 e. The summed E-state index contributed by atoms with van der Waals surface area (Å²) in [7, 11) is 3.01. The molecule has 3 aromatic heterocycles. The molecular weight excluding hydrogens is 461 g/mol. The molecule has 174 valence electrons. The van der Waals surface area contributed by atoms with Crippen molar-refractivity contribution in [3.63, 3.8) is 0 Å². The number of aromatic nitrogens is 4. The summed E-state index contributed by atoms with van der Waals surface area (Å²) in [4.78, 5) is 22.0. The Labute approximate surface area is 200 Å². The maximum Gasteiger partial charge on any atom is 0.257 e. The molecule has 1 N–H and O–H groups in total. The third-order valence-electron chi connectivity index (χ3n) is 4.96. The van der Waals surface area contributed by atoms with Gasteiger partial charge in [-0.2, -0.15) is 5.10 Å². The van der Waals surface area contributed by atoms with Crippen LogP contribution in [0, 0.1) is 12.7 Å². The molecule has 34 heavy (non-hydrogen) atoms. The van der Waals surface area contributed by atoms with E-state index in [1.165, 1.54) is 31.0 Å². The summed E-state index contributed by atoms with van der Waals surface area (Å²) >= 11 is 6.02. The second-order valence-electron chi connectivity index (χ2n) is 7.41. The van der Waals surface area contributed by atoms with Crippen LogP contribution in [0.2, 0.25) is 5.02 Å². The van der Waals surface area contributed by atoms with Crippen LogP contribution < -0.4 is 14.8 Å². The number of aryl methyl sites for hydroxylation is 1. The van der Waals surface area contributed by atoms with Gasteiger partial charge in [-0.05, 0) is 54.4 Å². The lowest BCUT2D eigenvalue weighted by atomic mass is 10.0. The summed E-state index contributed by atoms with van der Waals surface area (Å²) in [6.07, 6.45) is 4.97. The molecule has 0 spiro atoms. The molecule has 0 atom stereocenters. The van der Waals surface area contributed by atoms with Gasteiger partial charge in [-0.15, -0.1) is 0 Å². The van der Waals surface area contributed by atoms with Gasteiger partial charge in [0, 0.05) is 23.0 Å². The summed E-state index contributed by atoms with van der Waals surface area (Å²) in [5.74, 6) is 0.238. The first-order valence-corrected chi connectivity index (χ1v) is 10.6. The Kier molecular flexibility index (Phi) is 6.74. The van der Waals surface area contributed by atoms with Crippen molar-refractivity contribution in [2.24, 2.45) is 0 Å². The molecule has 3 heterocycles. The van der Waals surface area contributed by atoms with Crippen molar-refractivity contribution in [3.05, 3.63) is 82.6 Å². The van der Waals surface area contributed by atoms with Crippen LogP contribution in [0.15, 0.2) is 55.0 Å². The van der Waals surface area contributed by atoms with Gasteiger partial charge >= 0.3 is 0 Å². The van der Waals surface area contributed by atoms with E-state index < -0.39 is 11.7 Å². The zero-order valence-electron chi connectivity index (χ0n) is 18.7. The van der Waals surface area contributed by atoms with E-state index in [1.807, 2.05) is 6.92 Å². The van der Waals surface area contributed by atoms with Crippen LogP contribution >= 0.6 is 11.6 Å². The van der Waals surface area contributed by atoms with Crippen molar-refractivity contribution in [1.82, 2.24) is 25.1 Å². The van der Waals surface area contributed by atoms with Crippen LogP contribution in [0.1, 0.15) is 21.6 Å². The van der Waals surface area contributed by atoms with Crippen LogP contribution in [-0.4, -0.2) is 39.9 Å². The van der Waals surface area contributed by atoms with Gasteiger partial charge in [-0.3, -0.25) is 4.79 Å². The summed E-state index contributed by atoms with van der Waals surface area (Å²) in [6, 6.07) is 9.21. The van der Waals surface area contributed by atoms with Crippen molar-refractivity contribution in [2.75, 3.05) is 14.2 Å². The number of hydrogen-bond acceptors (Lipinski definition) is 6. The monoisotopic (exact) mass is 481 g/mol. The molecule has 0 aliphatic carbocycles. The highest BCUT2D eigenvalue weighted by Gasteiger charge is 2.18. The van der Waals surface area contributed by atoms with Gasteiger partial charge in [0.25, 0.3) is 11.8 Å². The van der Waals surface area contributed by atoms with Crippen molar-refractivity contribution in [2.45, 2.75) is 13.5 Å². The Morgan fingerprint density at radius 2 is 1.94 bits per heavy atom. The first-order chi connectivity index (χ1) is 16.4. The quantitative estimate of drug-likeness (QED) is 0.421. The van der Waals surface area contributed by atoms with Gasteiger partial charge in [0.15, 0.2) is 11.6 Å². The highest BCUT2D eigenvalue weighted by molar-refractivity contribution is 6.30. The number of halogens is 2. The highest BCUT2D eigenvalue weighted by atomic mass is 35.5. The molecule has 0 radical (unpaired) electrons. The normalized spacial score (nSPS) is 10.7. The Morgan fingerprint density at radius 1 is 1.12 bits per heavy atom. The molecule has 0 aliphatic rings. The van der Waals surface area contributed by atoms with Crippen LogP contribution in [0.3, 0.4) is 0 Å². The molecule has 0 saturated heterocycles. The molecule has 0 saturated carbocycles. The number of benzene rings is 1. The van der Waals surface area contributed by atoms with E-state index in [0.717, 1.165) is 5.56 Å². The fourth-order valence-corrected chi connectivity index (χ4v) is 3.57. The molecule has 0 bridgehead atoms. The van der Waals surface area contributed by atoms with E-state index in [2.05, 4.69) is 20.4 Å². The number of ether oxygens (including phenoxy) is 2. The van der Waals surface area contributed by atoms with Gasteiger partial charge < -0.3 is 14.8 Å². The standard InChI is InChI=1S/C24H21ClFN5O3/c1-14-10-29-31(13-14)22-20(8-16(11-27-22)15-6-17(25)9-18(26)7-15)23(32)28-12-19-4-5-21(33-2)24(30-19)34-3/h4-11,13H,12H2,1-3H3,(H,28,32). The molecule has 1 aromatic carbocycles. The zero-order valence-corrected chi connectivity index (χ0v) is 19.4. The van der Waals surface area contributed by atoms with Crippen LogP contribution in [0.25, 0.3) is 16.9 Å². The smallest absolute Gasteiger partial charge is 0.257 e. The number of rotatable bonds is 7. The van der Waals surface area contributed by atoms with E-state index in [1.54, 1.807) is 42.9 Å². The maximum absolute atomic E-state index is 13.9. The number of amides is 1. The molecule has 0 unspecified atom stereocenters. The van der Waals surface area contributed by atoms with Crippen LogP contribution in [0.4, 0.5) is 4.39 Å².